The van der Waals surface area contributed by atoms with Gasteiger partial charge in [0.1, 0.15) is 0 Å². The summed E-state index contributed by atoms with van der Waals surface area (Å²) in [5.74, 6) is 0. The van der Waals surface area contributed by atoms with Crippen LogP contribution in [0.2, 0.25) is 0 Å². The molecular weight excluding hydrogens is 393 g/mol. The Morgan fingerprint density at radius 1 is 0.654 bits per heavy atom. The molecule has 0 saturated heterocycles. The second-order valence-corrected chi connectivity index (χ2v) is 11.6. The van der Waals surface area contributed by atoms with E-state index in [1.165, 1.54) is 34.3 Å². The Bertz CT molecular complexity index is 900. The maximum atomic E-state index is 2.31. The number of allylic oxidation sites excluding steroid dienone is 1. The van der Waals surface area contributed by atoms with Gasteiger partial charge >= 0.3 is 0 Å². The molecule has 0 unspecified atom stereocenters. The van der Waals surface area contributed by atoms with E-state index in [-0.39, 0.29) is 5.41 Å². The second kappa shape index (κ2) is 7.59. The van der Waals surface area contributed by atoms with Crippen molar-refractivity contribution >= 4 is 56.9 Å². The molecule has 0 radical (unpaired) electrons. The Hall–Kier alpha value is -0.940. The molecule has 0 bridgehead atoms. The molecule has 0 fully saturated rings. The fraction of sp³-hybridized carbons (Fsp3) is 0.182. The molecule has 2 aromatic rings. The highest BCUT2D eigenvalue weighted by atomic mass is 32.2. The van der Waals surface area contributed by atoms with Crippen LogP contribution < -0.4 is 0 Å². The van der Waals surface area contributed by atoms with E-state index in [4.69, 9.17) is 0 Å². The first kappa shape index (κ1) is 18.4. The highest BCUT2D eigenvalue weighted by molar-refractivity contribution is 8.36. The Labute approximate surface area is 173 Å². The monoisotopic (exact) mass is 412 g/mol. The first-order valence-corrected chi connectivity index (χ1v) is 11.9. The second-order valence-electron chi connectivity index (χ2n) is 7.12. The third kappa shape index (κ3) is 3.84. The zero-order chi connectivity index (χ0) is 18.1. The number of rotatable bonds is 2. The van der Waals surface area contributed by atoms with Crippen LogP contribution in [-0.4, -0.2) is 0 Å². The summed E-state index contributed by atoms with van der Waals surface area (Å²) in [6, 6.07) is 21.5. The molecule has 4 rings (SSSR count). The predicted molar refractivity (Wildman–Crippen MR) is 125 cm³/mol. The zero-order valence-corrected chi connectivity index (χ0v) is 18.2. The van der Waals surface area contributed by atoms with Crippen molar-refractivity contribution in [1.29, 1.82) is 0 Å². The van der Waals surface area contributed by atoms with Gasteiger partial charge in [0.25, 0.3) is 0 Å². The summed E-state index contributed by atoms with van der Waals surface area (Å²) < 4.78 is 2.83. The number of thioether (sulfide) groups is 4. The highest BCUT2D eigenvalue weighted by Gasteiger charge is 2.33. The van der Waals surface area contributed by atoms with Gasteiger partial charge in [0.05, 0.1) is 8.47 Å². The molecule has 26 heavy (non-hydrogen) atoms. The van der Waals surface area contributed by atoms with Crippen molar-refractivity contribution in [2.75, 3.05) is 0 Å². The van der Waals surface area contributed by atoms with E-state index in [1.807, 2.05) is 47.0 Å². The zero-order valence-electron chi connectivity index (χ0n) is 15.0. The van der Waals surface area contributed by atoms with Crippen LogP contribution in [0.25, 0.3) is 9.81 Å². The van der Waals surface area contributed by atoms with E-state index in [1.54, 1.807) is 0 Å². The fourth-order valence-corrected chi connectivity index (χ4v) is 8.32. The fourth-order valence-electron chi connectivity index (χ4n) is 2.73. The van der Waals surface area contributed by atoms with Crippen molar-refractivity contribution in [3.63, 3.8) is 0 Å². The lowest BCUT2D eigenvalue weighted by molar-refractivity contribution is 0.536. The van der Waals surface area contributed by atoms with Gasteiger partial charge in [-0.3, -0.25) is 0 Å². The van der Waals surface area contributed by atoms with Gasteiger partial charge in [-0.25, -0.2) is 0 Å². The average molecular weight is 413 g/mol. The Morgan fingerprint density at radius 2 is 1.27 bits per heavy atom. The molecule has 0 spiro atoms. The molecule has 4 heteroatoms. The van der Waals surface area contributed by atoms with Crippen LogP contribution in [0.4, 0.5) is 0 Å². The first-order valence-electron chi connectivity index (χ1n) is 8.52. The molecule has 0 saturated carbocycles. The minimum Gasteiger partial charge on any atom is -0.0878 e. The van der Waals surface area contributed by atoms with Crippen LogP contribution in [0.1, 0.15) is 31.9 Å². The smallest absolute Gasteiger partial charge is 0.0703 e. The van der Waals surface area contributed by atoms with Gasteiger partial charge in [-0.05, 0) is 21.9 Å². The molecule has 2 aliphatic rings. The minimum absolute atomic E-state index is 0.148. The topological polar surface area (TPSA) is 0 Å². The largest absolute Gasteiger partial charge is 0.0878 e. The van der Waals surface area contributed by atoms with Crippen LogP contribution >= 0.6 is 47.0 Å². The van der Waals surface area contributed by atoms with E-state index in [2.05, 4.69) is 86.8 Å². The molecule has 0 amide bonds. The molecular formula is C22H20S4. The van der Waals surface area contributed by atoms with Crippen LogP contribution in [0.15, 0.2) is 79.5 Å². The highest BCUT2D eigenvalue weighted by Crippen LogP contribution is 2.64. The molecule has 2 heterocycles. The summed E-state index contributed by atoms with van der Waals surface area (Å²) in [5.41, 5.74) is 2.78. The van der Waals surface area contributed by atoms with Gasteiger partial charge in [-0.2, -0.15) is 0 Å². The SMILES string of the molecule is CC(C)(C)C1=C(c2ccccc2)S/C(=C2\SC=C(c3ccccc3)S2)S1. The molecule has 0 N–H and O–H groups in total. The predicted octanol–water partition coefficient (Wildman–Crippen LogP) is 8.49. The van der Waals surface area contributed by atoms with Crippen LogP contribution in [0, 0.1) is 5.41 Å². The van der Waals surface area contributed by atoms with Gasteiger partial charge in [-0.1, -0.05) is 128 Å². The lowest BCUT2D eigenvalue weighted by Crippen LogP contribution is -2.06. The number of hydrogen-bond donors (Lipinski definition) is 0. The molecule has 2 aliphatic heterocycles. The molecule has 0 aromatic heterocycles. The molecule has 132 valence electrons. The van der Waals surface area contributed by atoms with Gasteiger partial charge in [0.2, 0.25) is 0 Å². The number of benzene rings is 2. The maximum absolute atomic E-state index is 2.31. The Kier molecular flexibility index (Phi) is 5.38. The van der Waals surface area contributed by atoms with E-state index in [0.29, 0.717) is 0 Å². The molecule has 2 aromatic carbocycles. The third-order valence-corrected chi connectivity index (χ3v) is 10.0. The van der Waals surface area contributed by atoms with Crippen LogP contribution in [0.5, 0.6) is 0 Å². The molecule has 0 atom stereocenters. The van der Waals surface area contributed by atoms with E-state index < -0.39 is 0 Å². The van der Waals surface area contributed by atoms with Gasteiger partial charge in [0.15, 0.2) is 0 Å². The summed E-state index contributed by atoms with van der Waals surface area (Å²) in [6.45, 7) is 6.94. The average Bonchev–Trinajstić information content (AvgIpc) is 3.30. The quantitative estimate of drug-likeness (QED) is 0.484. The van der Waals surface area contributed by atoms with Gasteiger partial charge < -0.3 is 0 Å². The summed E-state index contributed by atoms with van der Waals surface area (Å²) in [6.07, 6.45) is 0. The summed E-state index contributed by atoms with van der Waals surface area (Å²) >= 11 is 7.67. The van der Waals surface area contributed by atoms with Crippen LogP contribution in [0.3, 0.4) is 0 Å². The van der Waals surface area contributed by atoms with Crippen molar-refractivity contribution in [2.45, 2.75) is 20.8 Å². The summed E-state index contributed by atoms with van der Waals surface area (Å²) in [4.78, 5) is 4.25. The van der Waals surface area contributed by atoms with Crippen LogP contribution in [-0.2, 0) is 0 Å². The van der Waals surface area contributed by atoms with Crippen molar-refractivity contribution in [2.24, 2.45) is 5.41 Å². The van der Waals surface area contributed by atoms with E-state index in [0.717, 1.165) is 0 Å². The first-order chi connectivity index (χ1) is 12.5. The van der Waals surface area contributed by atoms with Gasteiger partial charge in [0, 0.05) is 14.7 Å². The van der Waals surface area contributed by atoms with Crippen molar-refractivity contribution in [3.8, 4) is 0 Å². The van der Waals surface area contributed by atoms with E-state index in [9.17, 15) is 0 Å². The van der Waals surface area contributed by atoms with E-state index >= 15 is 0 Å². The Morgan fingerprint density at radius 3 is 1.88 bits per heavy atom. The van der Waals surface area contributed by atoms with Crippen molar-refractivity contribution in [3.05, 3.63) is 90.6 Å². The molecule has 0 nitrogen and oxygen atoms in total. The summed E-state index contributed by atoms with van der Waals surface area (Å²) in [7, 11) is 0. The summed E-state index contributed by atoms with van der Waals surface area (Å²) in [5, 5.41) is 2.29. The van der Waals surface area contributed by atoms with Crippen molar-refractivity contribution in [1.82, 2.24) is 0 Å². The third-order valence-electron chi connectivity index (χ3n) is 4.01. The van der Waals surface area contributed by atoms with Crippen molar-refractivity contribution < 1.29 is 0 Å². The van der Waals surface area contributed by atoms with Gasteiger partial charge in [-0.15, -0.1) is 0 Å². The molecule has 0 aliphatic carbocycles. The Balaban J connectivity index is 1.63. The maximum Gasteiger partial charge on any atom is 0.0703 e. The standard InChI is InChI=1S/C22H20S4/c1-22(2,3)19-18(16-12-8-5-9-13-16)25-21(26-19)20-23-14-17(24-20)15-10-6-4-7-11-15/h4-14H,1-3H3/b21-20-. The lowest BCUT2D eigenvalue weighted by atomic mass is 9.94. The number of hydrogen-bond acceptors (Lipinski definition) is 4. The normalized spacial score (nSPS) is 20.7. The minimum atomic E-state index is 0.148. The lowest BCUT2D eigenvalue weighted by Gasteiger charge is -2.21.